The van der Waals surface area contributed by atoms with E-state index < -0.39 is 11.9 Å². The average Bonchev–Trinajstić information content (AvgIpc) is 2.45. The van der Waals surface area contributed by atoms with Crippen molar-refractivity contribution in [1.29, 1.82) is 0 Å². The second-order valence-electron chi connectivity index (χ2n) is 6.08. The van der Waals surface area contributed by atoms with Gasteiger partial charge in [-0.15, -0.1) is 0 Å². The lowest BCUT2D eigenvalue weighted by Crippen LogP contribution is -2.51. The van der Waals surface area contributed by atoms with Gasteiger partial charge in [0.1, 0.15) is 0 Å². The van der Waals surface area contributed by atoms with Gasteiger partial charge in [-0.1, -0.05) is 46.0 Å². The third kappa shape index (κ3) is 6.36. The van der Waals surface area contributed by atoms with Crippen LogP contribution in [-0.4, -0.2) is 29.2 Å². The van der Waals surface area contributed by atoms with E-state index in [9.17, 15) is 14.7 Å². The number of carbonyl (C=O) groups is 2. The number of rotatable bonds is 8. The summed E-state index contributed by atoms with van der Waals surface area (Å²) in [5.74, 6) is -1.24. The Balaban J connectivity index is 2.47. The molecule has 3 atom stereocenters. The van der Waals surface area contributed by atoms with Gasteiger partial charge < -0.3 is 15.7 Å². The average molecular weight is 298 g/mol. The topological polar surface area (TPSA) is 78.4 Å². The van der Waals surface area contributed by atoms with E-state index in [0.29, 0.717) is 6.42 Å². The Bertz CT molecular complexity index is 333. The summed E-state index contributed by atoms with van der Waals surface area (Å²) in [6.45, 7) is 4.25. The SMILES string of the molecule is CCCCC(CCC)NC(=O)NC1CCCCC1C(=O)O. The molecular weight excluding hydrogens is 268 g/mol. The molecule has 1 aliphatic carbocycles. The summed E-state index contributed by atoms with van der Waals surface area (Å²) in [4.78, 5) is 23.4. The van der Waals surface area contributed by atoms with Crippen molar-refractivity contribution in [3.8, 4) is 0 Å². The van der Waals surface area contributed by atoms with Crippen LogP contribution in [0.5, 0.6) is 0 Å². The maximum Gasteiger partial charge on any atom is 0.315 e. The number of hydrogen-bond acceptors (Lipinski definition) is 2. The standard InChI is InChI=1S/C16H30N2O3/c1-3-5-9-12(8-4-2)17-16(21)18-14-11-7-6-10-13(14)15(19)20/h12-14H,3-11H2,1-2H3,(H,19,20)(H2,17,18,21). The molecule has 2 amide bonds. The number of carboxylic acids is 1. The fourth-order valence-corrected chi connectivity index (χ4v) is 3.08. The van der Waals surface area contributed by atoms with E-state index in [-0.39, 0.29) is 18.1 Å². The van der Waals surface area contributed by atoms with E-state index in [1.165, 1.54) is 0 Å². The van der Waals surface area contributed by atoms with Crippen LogP contribution in [0.25, 0.3) is 0 Å². The molecule has 3 unspecified atom stereocenters. The summed E-state index contributed by atoms with van der Waals surface area (Å²) in [5.41, 5.74) is 0. The van der Waals surface area contributed by atoms with Crippen molar-refractivity contribution < 1.29 is 14.7 Å². The quantitative estimate of drug-likeness (QED) is 0.643. The van der Waals surface area contributed by atoms with Crippen molar-refractivity contribution in [2.75, 3.05) is 0 Å². The Labute approximate surface area is 127 Å². The number of carbonyl (C=O) groups excluding carboxylic acids is 1. The first kappa shape index (κ1) is 17.8. The maximum absolute atomic E-state index is 12.1. The lowest BCUT2D eigenvalue weighted by molar-refractivity contribution is -0.143. The monoisotopic (exact) mass is 298 g/mol. The van der Waals surface area contributed by atoms with Crippen molar-refractivity contribution in [3.05, 3.63) is 0 Å². The lowest BCUT2D eigenvalue weighted by atomic mass is 9.84. The number of carboxylic acid groups (broad SMARTS) is 1. The van der Waals surface area contributed by atoms with Gasteiger partial charge >= 0.3 is 12.0 Å². The molecule has 5 nitrogen and oxygen atoms in total. The minimum atomic E-state index is -0.795. The van der Waals surface area contributed by atoms with Crippen LogP contribution in [0.2, 0.25) is 0 Å². The molecule has 0 bridgehead atoms. The molecule has 1 rings (SSSR count). The summed E-state index contributed by atoms with van der Waals surface area (Å²) in [7, 11) is 0. The Morgan fingerprint density at radius 1 is 1.14 bits per heavy atom. The number of amides is 2. The molecule has 0 aromatic heterocycles. The third-order valence-corrected chi connectivity index (χ3v) is 4.28. The molecule has 1 aliphatic rings. The molecule has 1 saturated carbocycles. The van der Waals surface area contributed by atoms with E-state index >= 15 is 0 Å². The molecule has 122 valence electrons. The van der Waals surface area contributed by atoms with E-state index in [1.807, 2.05) is 0 Å². The largest absolute Gasteiger partial charge is 0.481 e. The molecule has 1 fully saturated rings. The molecular formula is C16H30N2O3. The van der Waals surface area contributed by atoms with Crippen LogP contribution in [0, 0.1) is 5.92 Å². The number of urea groups is 1. The molecule has 0 aromatic rings. The summed E-state index contributed by atoms with van der Waals surface area (Å²) in [6, 6.07) is -0.241. The van der Waals surface area contributed by atoms with E-state index in [4.69, 9.17) is 0 Å². The molecule has 0 aliphatic heterocycles. The fraction of sp³-hybridized carbons (Fsp3) is 0.875. The zero-order valence-electron chi connectivity index (χ0n) is 13.4. The molecule has 0 radical (unpaired) electrons. The zero-order valence-corrected chi connectivity index (χ0v) is 13.4. The summed E-state index contributed by atoms with van der Waals surface area (Å²) >= 11 is 0. The molecule has 0 aromatic carbocycles. The first-order chi connectivity index (χ1) is 10.1. The van der Waals surface area contributed by atoms with Gasteiger partial charge in [0, 0.05) is 12.1 Å². The van der Waals surface area contributed by atoms with Crippen molar-refractivity contribution in [1.82, 2.24) is 10.6 Å². The van der Waals surface area contributed by atoms with E-state index in [0.717, 1.165) is 51.4 Å². The maximum atomic E-state index is 12.1. The lowest BCUT2D eigenvalue weighted by Gasteiger charge is -2.30. The fourth-order valence-electron chi connectivity index (χ4n) is 3.08. The Morgan fingerprint density at radius 3 is 2.48 bits per heavy atom. The van der Waals surface area contributed by atoms with Crippen molar-refractivity contribution in [2.45, 2.75) is 83.7 Å². The van der Waals surface area contributed by atoms with Gasteiger partial charge in [-0.2, -0.15) is 0 Å². The highest BCUT2D eigenvalue weighted by Gasteiger charge is 2.32. The van der Waals surface area contributed by atoms with Gasteiger partial charge in [0.2, 0.25) is 0 Å². The van der Waals surface area contributed by atoms with Crippen LogP contribution in [0.4, 0.5) is 4.79 Å². The van der Waals surface area contributed by atoms with Gasteiger partial charge in [-0.05, 0) is 25.7 Å². The van der Waals surface area contributed by atoms with Crippen LogP contribution in [0.1, 0.15) is 71.6 Å². The highest BCUT2D eigenvalue weighted by molar-refractivity contribution is 5.77. The van der Waals surface area contributed by atoms with E-state index in [1.54, 1.807) is 0 Å². The van der Waals surface area contributed by atoms with Gasteiger partial charge in [-0.3, -0.25) is 4.79 Å². The highest BCUT2D eigenvalue weighted by Crippen LogP contribution is 2.24. The Kier molecular flexibility index (Phi) is 8.16. The Morgan fingerprint density at radius 2 is 1.86 bits per heavy atom. The van der Waals surface area contributed by atoms with Crippen LogP contribution >= 0.6 is 0 Å². The summed E-state index contributed by atoms with van der Waals surface area (Å²) in [5, 5.41) is 15.1. The number of nitrogens with one attached hydrogen (secondary N) is 2. The molecule has 21 heavy (non-hydrogen) atoms. The second kappa shape index (κ2) is 9.64. The normalized spacial score (nSPS) is 23.3. The highest BCUT2D eigenvalue weighted by atomic mass is 16.4. The second-order valence-corrected chi connectivity index (χ2v) is 6.08. The summed E-state index contributed by atoms with van der Waals surface area (Å²) < 4.78 is 0. The summed E-state index contributed by atoms with van der Waals surface area (Å²) in [6.07, 6.45) is 8.57. The number of aliphatic carboxylic acids is 1. The van der Waals surface area contributed by atoms with Crippen LogP contribution in [0.15, 0.2) is 0 Å². The third-order valence-electron chi connectivity index (χ3n) is 4.28. The smallest absolute Gasteiger partial charge is 0.315 e. The first-order valence-electron chi connectivity index (χ1n) is 8.38. The zero-order chi connectivity index (χ0) is 15.7. The molecule has 0 saturated heterocycles. The Hall–Kier alpha value is -1.26. The predicted molar refractivity (Wildman–Crippen MR) is 83.3 cm³/mol. The molecule has 3 N–H and O–H groups in total. The minimum absolute atomic E-state index is 0.196. The van der Waals surface area contributed by atoms with Crippen molar-refractivity contribution >= 4 is 12.0 Å². The predicted octanol–water partition coefficient (Wildman–Crippen LogP) is 3.29. The van der Waals surface area contributed by atoms with Crippen LogP contribution in [0.3, 0.4) is 0 Å². The minimum Gasteiger partial charge on any atom is -0.481 e. The van der Waals surface area contributed by atoms with Crippen LogP contribution in [-0.2, 0) is 4.79 Å². The van der Waals surface area contributed by atoms with Gasteiger partial charge in [-0.25, -0.2) is 4.79 Å². The number of hydrogen-bond donors (Lipinski definition) is 3. The molecule has 0 heterocycles. The van der Waals surface area contributed by atoms with E-state index in [2.05, 4.69) is 24.5 Å². The van der Waals surface area contributed by atoms with Gasteiger partial charge in [0.15, 0.2) is 0 Å². The van der Waals surface area contributed by atoms with Crippen molar-refractivity contribution in [3.63, 3.8) is 0 Å². The van der Waals surface area contributed by atoms with Crippen LogP contribution < -0.4 is 10.6 Å². The van der Waals surface area contributed by atoms with Gasteiger partial charge in [0.25, 0.3) is 0 Å². The first-order valence-corrected chi connectivity index (χ1v) is 8.38. The molecule has 5 heteroatoms. The molecule has 0 spiro atoms. The number of unbranched alkanes of at least 4 members (excludes halogenated alkanes) is 1. The van der Waals surface area contributed by atoms with Crippen molar-refractivity contribution in [2.24, 2.45) is 5.92 Å². The van der Waals surface area contributed by atoms with Gasteiger partial charge in [0.05, 0.1) is 5.92 Å².